The highest BCUT2D eigenvalue weighted by molar-refractivity contribution is 6.37. The molecule has 1 heterocycles. The quantitative estimate of drug-likeness (QED) is 0.624. The maximum atomic E-state index is 11.4. The highest BCUT2D eigenvalue weighted by atomic mass is 16.2. The van der Waals surface area contributed by atoms with Gasteiger partial charge >= 0.3 is 0 Å². The van der Waals surface area contributed by atoms with Crippen molar-refractivity contribution in [3.63, 3.8) is 0 Å². The molecule has 2 rings (SSSR count). The second-order valence-electron chi connectivity index (χ2n) is 4.92. The van der Waals surface area contributed by atoms with Crippen molar-refractivity contribution in [2.45, 2.75) is 39.0 Å². The van der Waals surface area contributed by atoms with Gasteiger partial charge in [-0.05, 0) is 18.3 Å². The summed E-state index contributed by atoms with van der Waals surface area (Å²) >= 11 is 0. The van der Waals surface area contributed by atoms with Crippen molar-refractivity contribution < 1.29 is 9.59 Å². The van der Waals surface area contributed by atoms with Crippen LogP contribution in [0.2, 0.25) is 0 Å². The van der Waals surface area contributed by atoms with Gasteiger partial charge in [0, 0.05) is 19.5 Å². The van der Waals surface area contributed by atoms with Crippen LogP contribution in [0, 0.1) is 5.41 Å². The number of nitrogens with zero attached hydrogens (tertiary/aromatic N) is 1. The molecule has 2 aliphatic rings. The fourth-order valence-electron chi connectivity index (χ4n) is 2.62. The zero-order valence-corrected chi connectivity index (χ0v) is 8.71. The lowest BCUT2D eigenvalue weighted by Gasteiger charge is -2.28. The number of carbonyl (C=O) groups excluding carboxylic acids is 2. The van der Waals surface area contributed by atoms with Crippen molar-refractivity contribution in [1.29, 1.82) is 0 Å². The normalized spacial score (nSPS) is 26.2. The van der Waals surface area contributed by atoms with E-state index in [1.54, 1.807) is 4.90 Å². The fraction of sp³-hybridized carbons (Fsp3) is 0.818. The molecule has 1 saturated heterocycles. The van der Waals surface area contributed by atoms with Gasteiger partial charge < -0.3 is 4.90 Å². The number of Topliss-reactive ketones (excluding diaryl/α,β-unsaturated/α-hetero) is 1. The molecule has 1 aliphatic heterocycles. The predicted octanol–water partition coefficient (Wildman–Crippen LogP) is 1.37. The molecular weight excluding hydrogens is 178 g/mol. The Morgan fingerprint density at radius 2 is 1.93 bits per heavy atom. The number of carbonyl (C=O) groups is 2. The average Bonchev–Trinajstić information content (AvgIpc) is 2.68. The van der Waals surface area contributed by atoms with Gasteiger partial charge in [-0.2, -0.15) is 0 Å². The third-order valence-corrected chi connectivity index (χ3v) is 3.52. The first-order valence-electron chi connectivity index (χ1n) is 5.43. The molecule has 3 nitrogen and oxygen atoms in total. The third-order valence-electron chi connectivity index (χ3n) is 3.52. The molecular formula is C11H17NO2. The van der Waals surface area contributed by atoms with Crippen molar-refractivity contribution in [2.24, 2.45) is 5.41 Å². The lowest BCUT2D eigenvalue weighted by atomic mass is 9.88. The Labute approximate surface area is 84.5 Å². The van der Waals surface area contributed by atoms with Gasteiger partial charge in [-0.1, -0.05) is 19.8 Å². The molecule has 3 heteroatoms. The first kappa shape index (κ1) is 9.69. The van der Waals surface area contributed by atoms with E-state index >= 15 is 0 Å². The minimum absolute atomic E-state index is 0.202. The van der Waals surface area contributed by atoms with Gasteiger partial charge in [-0.3, -0.25) is 9.59 Å². The molecule has 2 fully saturated rings. The molecule has 0 aromatic rings. The van der Waals surface area contributed by atoms with E-state index in [2.05, 4.69) is 6.92 Å². The first-order valence-corrected chi connectivity index (χ1v) is 5.43. The topological polar surface area (TPSA) is 37.4 Å². The van der Waals surface area contributed by atoms with Crippen LogP contribution >= 0.6 is 0 Å². The van der Waals surface area contributed by atoms with Crippen LogP contribution in [0.25, 0.3) is 0 Å². The molecule has 0 unspecified atom stereocenters. The third kappa shape index (κ3) is 1.68. The number of rotatable bonds is 2. The average molecular weight is 195 g/mol. The van der Waals surface area contributed by atoms with Gasteiger partial charge in [-0.15, -0.1) is 0 Å². The summed E-state index contributed by atoms with van der Waals surface area (Å²) in [5, 5.41) is 0. The fourth-order valence-corrected chi connectivity index (χ4v) is 2.62. The molecule has 0 aromatic heterocycles. The van der Waals surface area contributed by atoms with Crippen molar-refractivity contribution in [1.82, 2.24) is 4.90 Å². The molecule has 0 spiro atoms. The van der Waals surface area contributed by atoms with Gasteiger partial charge in [0.1, 0.15) is 0 Å². The van der Waals surface area contributed by atoms with E-state index in [1.165, 1.54) is 25.7 Å². The second kappa shape index (κ2) is 3.37. The van der Waals surface area contributed by atoms with Gasteiger partial charge in [0.25, 0.3) is 5.91 Å². The van der Waals surface area contributed by atoms with E-state index in [0.29, 0.717) is 13.0 Å². The molecule has 0 N–H and O–H groups in total. The molecule has 1 aliphatic carbocycles. The minimum atomic E-state index is -0.252. The van der Waals surface area contributed by atoms with E-state index in [1.807, 2.05) is 0 Å². The molecule has 0 atom stereocenters. The van der Waals surface area contributed by atoms with Crippen LogP contribution in [-0.4, -0.2) is 29.7 Å². The molecule has 14 heavy (non-hydrogen) atoms. The van der Waals surface area contributed by atoms with E-state index < -0.39 is 0 Å². The summed E-state index contributed by atoms with van der Waals surface area (Å²) in [5.74, 6) is -0.454. The maximum Gasteiger partial charge on any atom is 0.290 e. The van der Waals surface area contributed by atoms with Crippen LogP contribution in [0.4, 0.5) is 0 Å². The van der Waals surface area contributed by atoms with Crippen molar-refractivity contribution in [3.8, 4) is 0 Å². The second-order valence-corrected chi connectivity index (χ2v) is 4.92. The van der Waals surface area contributed by atoms with E-state index in [-0.39, 0.29) is 17.1 Å². The Balaban J connectivity index is 1.97. The number of hydrogen-bond acceptors (Lipinski definition) is 2. The molecule has 1 saturated carbocycles. The Bertz CT molecular complexity index is 266. The Morgan fingerprint density at radius 1 is 1.29 bits per heavy atom. The number of hydrogen-bond donors (Lipinski definition) is 0. The summed E-state index contributed by atoms with van der Waals surface area (Å²) in [7, 11) is 0. The van der Waals surface area contributed by atoms with Crippen LogP contribution < -0.4 is 0 Å². The van der Waals surface area contributed by atoms with Crippen LogP contribution in [-0.2, 0) is 9.59 Å². The minimum Gasteiger partial charge on any atom is -0.335 e. The molecule has 0 bridgehead atoms. The summed E-state index contributed by atoms with van der Waals surface area (Å²) in [5.41, 5.74) is 0.278. The smallest absolute Gasteiger partial charge is 0.290 e. The largest absolute Gasteiger partial charge is 0.335 e. The van der Waals surface area contributed by atoms with Crippen LogP contribution in [0.1, 0.15) is 39.0 Å². The van der Waals surface area contributed by atoms with Gasteiger partial charge in [0.05, 0.1) is 0 Å². The van der Waals surface area contributed by atoms with Gasteiger partial charge in [-0.25, -0.2) is 0 Å². The monoisotopic (exact) mass is 195 g/mol. The SMILES string of the molecule is CC1(CN2CCC(=O)C2=O)CCCC1. The number of likely N-dealkylation sites (tertiary alicyclic amines) is 1. The van der Waals surface area contributed by atoms with Crippen LogP contribution in [0.15, 0.2) is 0 Å². The Hall–Kier alpha value is -0.860. The summed E-state index contributed by atoms with van der Waals surface area (Å²) in [6.45, 7) is 3.67. The lowest BCUT2D eigenvalue weighted by molar-refractivity contribution is -0.140. The zero-order valence-electron chi connectivity index (χ0n) is 8.71. The first-order chi connectivity index (χ1) is 6.61. The van der Waals surface area contributed by atoms with E-state index in [0.717, 1.165) is 6.54 Å². The Morgan fingerprint density at radius 3 is 2.43 bits per heavy atom. The zero-order chi connectivity index (χ0) is 10.2. The lowest BCUT2D eigenvalue weighted by Crippen LogP contribution is -2.36. The number of amides is 1. The van der Waals surface area contributed by atoms with Crippen molar-refractivity contribution >= 4 is 11.7 Å². The van der Waals surface area contributed by atoms with Crippen molar-refractivity contribution in [2.75, 3.05) is 13.1 Å². The number of ketones is 1. The van der Waals surface area contributed by atoms with Crippen LogP contribution in [0.3, 0.4) is 0 Å². The standard InChI is InChI=1S/C11H17NO2/c1-11(5-2-3-6-11)8-12-7-4-9(13)10(12)14/h2-8H2,1H3. The molecule has 0 radical (unpaired) electrons. The summed E-state index contributed by atoms with van der Waals surface area (Å²) in [6.07, 6.45) is 5.36. The highest BCUT2D eigenvalue weighted by Gasteiger charge is 2.36. The maximum absolute atomic E-state index is 11.4. The van der Waals surface area contributed by atoms with Crippen LogP contribution in [0.5, 0.6) is 0 Å². The predicted molar refractivity (Wildman–Crippen MR) is 52.8 cm³/mol. The summed E-state index contributed by atoms with van der Waals surface area (Å²) < 4.78 is 0. The summed E-state index contributed by atoms with van der Waals surface area (Å²) in [6, 6.07) is 0. The van der Waals surface area contributed by atoms with E-state index in [4.69, 9.17) is 0 Å². The van der Waals surface area contributed by atoms with Gasteiger partial charge in [0.15, 0.2) is 0 Å². The Kier molecular flexibility index (Phi) is 2.33. The highest BCUT2D eigenvalue weighted by Crippen LogP contribution is 2.38. The molecule has 0 aromatic carbocycles. The molecule has 1 amide bonds. The van der Waals surface area contributed by atoms with Crippen molar-refractivity contribution in [3.05, 3.63) is 0 Å². The van der Waals surface area contributed by atoms with Gasteiger partial charge in [0.2, 0.25) is 5.78 Å². The van der Waals surface area contributed by atoms with E-state index in [9.17, 15) is 9.59 Å². The summed E-state index contributed by atoms with van der Waals surface area (Å²) in [4.78, 5) is 24.2. The molecule has 78 valence electrons.